The van der Waals surface area contributed by atoms with Crippen molar-refractivity contribution in [2.75, 3.05) is 26.3 Å². The SMILES string of the molecule is CCCC[C@H](NC(=O)C1(NC(=O)N2CCOCC2)CCCCC1)C(=O)C(=O)N[C@@H]1CCCC1=O. The fraction of sp³-hybridized carbons (Fsp3) is 0.792. The Kier molecular flexibility index (Phi) is 9.44. The second-order valence-electron chi connectivity index (χ2n) is 9.59. The topological polar surface area (TPSA) is 134 Å². The van der Waals surface area contributed by atoms with Crippen molar-refractivity contribution in [3.05, 3.63) is 0 Å². The van der Waals surface area contributed by atoms with Crippen LogP contribution in [0.4, 0.5) is 4.79 Å². The standard InChI is InChI=1S/C24H38N4O6/c1-2-3-8-18(20(30)21(31)25-17-9-7-10-19(17)29)26-22(32)24(11-5-4-6-12-24)27-23(33)28-13-15-34-16-14-28/h17-18H,2-16H2,1H3,(H,25,31)(H,26,32)(H,27,33)/t17-,18+/m1/s1. The van der Waals surface area contributed by atoms with Crippen molar-refractivity contribution in [2.45, 2.75) is 95.2 Å². The van der Waals surface area contributed by atoms with Gasteiger partial charge in [0.25, 0.3) is 5.91 Å². The summed E-state index contributed by atoms with van der Waals surface area (Å²) in [5.74, 6) is -2.07. The molecule has 10 heteroatoms. The number of nitrogens with one attached hydrogen (secondary N) is 3. The molecule has 2 aliphatic carbocycles. The number of rotatable bonds is 9. The molecule has 3 rings (SSSR count). The first-order valence-electron chi connectivity index (χ1n) is 12.7. The van der Waals surface area contributed by atoms with Crippen molar-refractivity contribution < 1.29 is 28.7 Å². The Morgan fingerprint density at radius 1 is 1.09 bits per heavy atom. The van der Waals surface area contributed by atoms with Gasteiger partial charge in [0.15, 0.2) is 5.78 Å². The van der Waals surface area contributed by atoms with Crippen LogP contribution in [0.2, 0.25) is 0 Å². The summed E-state index contributed by atoms with van der Waals surface area (Å²) in [6.07, 6.45) is 6.89. The zero-order chi connectivity index (χ0) is 24.6. The van der Waals surface area contributed by atoms with E-state index in [2.05, 4.69) is 16.0 Å². The lowest BCUT2D eigenvalue weighted by Gasteiger charge is -2.39. The Morgan fingerprint density at radius 3 is 2.41 bits per heavy atom. The van der Waals surface area contributed by atoms with Crippen LogP contribution in [0.1, 0.15) is 77.6 Å². The average Bonchev–Trinajstić information content (AvgIpc) is 3.26. The molecule has 1 aliphatic heterocycles. The van der Waals surface area contributed by atoms with Gasteiger partial charge in [-0.2, -0.15) is 0 Å². The van der Waals surface area contributed by atoms with Gasteiger partial charge in [0.2, 0.25) is 11.7 Å². The molecular weight excluding hydrogens is 440 g/mol. The van der Waals surface area contributed by atoms with Crippen LogP contribution in [-0.4, -0.2) is 78.2 Å². The number of hydrogen-bond donors (Lipinski definition) is 3. The summed E-state index contributed by atoms with van der Waals surface area (Å²) in [6, 6.07) is -1.94. The Morgan fingerprint density at radius 2 is 1.79 bits per heavy atom. The van der Waals surface area contributed by atoms with E-state index in [0.717, 1.165) is 25.7 Å². The van der Waals surface area contributed by atoms with Gasteiger partial charge in [-0.1, -0.05) is 39.0 Å². The highest BCUT2D eigenvalue weighted by Crippen LogP contribution is 2.29. The largest absolute Gasteiger partial charge is 0.378 e. The molecule has 0 bridgehead atoms. The molecule has 0 radical (unpaired) electrons. The highest BCUT2D eigenvalue weighted by molar-refractivity contribution is 6.38. The van der Waals surface area contributed by atoms with Crippen LogP contribution < -0.4 is 16.0 Å². The minimum Gasteiger partial charge on any atom is -0.378 e. The fourth-order valence-electron chi connectivity index (χ4n) is 4.94. The van der Waals surface area contributed by atoms with Gasteiger partial charge in [-0.05, 0) is 32.1 Å². The van der Waals surface area contributed by atoms with E-state index in [9.17, 15) is 24.0 Å². The number of ether oxygens (including phenoxy) is 1. The molecule has 0 unspecified atom stereocenters. The van der Waals surface area contributed by atoms with Crippen LogP contribution in [0.3, 0.4) is 0 Å². The van der Waals surface area contributed by atoms with Gasteiger partial charge >= 0.3 is 6.03 Å². The Balaban J connectivity index is 1.69. The Labute approximate surface area is 200 Å². The molecule has 3 N–H and O–H groups in total. The highest BCUT2D eigenvalue weighted by Gasteiger charge is 2.43. The predicted molar refractivity (Wildman–Crippen MR) is 124 cm³/mol. The van der Waals surface area contributed by atoms with Gasteiger partial charge in [0.1, 0.15) is 5.54 Å². The predicted octanol–water partition coefficient (Wildman–Crippen LogP) is 1.21. The van der Waals surface area contributed by atoms with E-state index in [-0.39, 0.29) is 11.8 Å². The minimum atomic E-state index is -1.11. The Bertz CT molecular complexity index is 773. The third kappa shape index (κ3) is 6.55. The molecule has 34 heavy (non-hydrogen) atoms. The van der Waals surface area contributed by atoms with E-state index in [1.165, 1.54) is 0 Å². The molecule has 3 aliphatic rings. The number of carbonyl (C=O) groups excluding carboxylic acids is 5. The molecule has 10 nitrogen and oxygen atoms in total. The first-order chi connectivity index (χ1) is 16.4. The lowest BCUT2D eigenvalue weighted by atomic mass is 9.80. The summed E-state index contributed by atoms with van der Waals surface area (Å²) in [5.41, 5.74) is -1.11. The average molecular weight is 479 g/mol. The van der Waals surface area contributed by atoms with Crippen molar-refractivity contribution in [1.82, 2.24) is 20.9 Å². The van der Waals surface area contributed by atoms with Gasteiger partial charge in [0.05, 0.1) is 25.3 Å². The third-order valence-corrected chi connectivity index (χ3v) is 7.09. The van der Waals surface area contributed by atoms with Gasteiger partial charge in [-0.3, -0.25) is 19.2 Å². The fourth-order valence-corrected chi connectivity index (χ4v) is 4.94. The van der Waals surface area contributed by atoms with Crippen LogP contribution >= 0.6 is 0 Å². The summed E-state index contributed by atoms with van der Waals surface area (Å²) in [7, 11) is 0. The molecule has 1 heterocycles. The monoisotopic (exact) mass is 478 g/mol. The number of carbonyl (C=O) groups is 5. The van der Waals surface area contributed by atoms with Crippen molar-refractivity contribution in [3.8, 4) is 0 Å². The highest BCUT2D eigenvalue weighted by atomic mass is 16.5. The molecule has 2 atom stereocenters. The first-order valence-corrected chi connectivity index (χ1v) is 12.7. The summed E-state index contributed by atoms with van der Waals surface area (Å²) < 4.78 is 5.31. The number of nitrogens with zero attached hydrogens (tertiary/aromatic N) is 1. The molecule has 2 saturated carbocycles. The molecule has 0 spiro atoms. The van der Waals surface area contributed by atoms with Crippen LogP contribution in [0.25, 0.3) is 0 Å². The summed E-state index contributed by atoms with van der Waals surface area (Å²) in [5, 5.41) is 8.30. The van der Waals surface area contributed by atoms with Crippen molar-refractivity contribution in [2.24, 2.45) is 0 Å². The first kappa shape index (κ1) is 26.1. The zero-order valence-corrected chi connectivity index (χ0v) is 20.2. The maximum atomic E-state index is 13.5. The summed E-state index contributed by atoms with van der Waals surface area (Å²) >= 11 is 0. The van der Waals surface area contributed by atoms with Crippen molar-refractivity contribution in [3.63, 3.8) is 0 Å². The smallest absolute Gasteiger partial charge is 0.318 e. The van der Waals surface area contributed by atoms with Gasteiger partial charge < -0.3 is 25.6 Å². The van der Waals surface area contributed by atoms with Crippen molar-refractivity contribution >= 4 is 29.4 Å². The molecule has 0 aromatic carbocycles. The molecule has 1 saturated heterocycles. The number of unbranched alkanes of at least 4 members (excludes halogenated alkanes) is 1. The van der Waals surface area contributed by atoms with Gasteiger partial charge in [-0.15, -0.1) is 0 Å². The summed E-state index contributed by atoms with van der Waals surface area (Å²) in [4.78, 5) is 65.6. The minimum absolute atomic E-state index is 0.0673. The number of ketones is 2. The van der Waals surface area contributed by atoms with E-state index in [4.69, 9.17) is 4.74 Å². The van der Waals surface area contributed by atoms with Gasteiger partial charge in [-0.25, -0.2) is 4.79 Å². The molecule has 0 aromatic heterocycles. The Hall–Kier alpha value is -2.49. The molecule has 4 amide bonds. The van der Waals surface area contributed by atoms with Crippen molar-refractivity contribution in [1.29, 1.82) is 0 Å². The second kappa shape index (κ2) is 12.3. The van der Waals surface area contributed by atoms with Crippen LogP contribution in [0.15, 0.2) is 0 Å². The molecule has 3 fully saturated rings. The normalized spacial score (nSPS) is 23.1. The van der Waals surface area contributed by atoms with Gasteiger partial charge in [0, 0.05) is 19.5 Å². The molecule has 0 aromatic rings. The maximum Gasteiger partial charge on any atom is 0.318 e. The van der Waals surface area contributed by atoms with E-state index in [1.54, 1.807) is 4.90 Å². The van der Waals surface area contributed by atoms with Crippen LogP contribution in [0, 0.1) is 0 Å². The lowest BCUT2D eigenvalue weighted by Crippen LogP contribution is -2.64. The van der Waals surface area contributed by atoms with Crippen LogP contribution in [-0.2, 0) is 23.9 Å². The van der Waals surface area contributed by atoms with E-state index >= 15 is 0 Å². The number of amides is 4. The van der Waals surface area contributed by atoms with E-state index in [1.807, 2.05) is 6.92 Å². The quantitative estimate of drug-likeness (QED) is 0.427. The third-order valence-electron chi connectivity index (χ3n) is 7.09. The number of hydrogen-bond acceptors (Lipinski definition) is 6. The molecular formula is C24H38N4O6. The lowest BCUT2D eigenvalue weighted by molar-refractivity contribution is -0.142. The summed E-state index contributed by atoms with van der Waals surface area (Å²) in [6.45, 7) is 3.80. The van der Waals surface area contributed by atoms with Crippen LogP contribution in [0.5, 0.6) is 0 Å². The number of morpholine rings is 1. The second-order valence-corrected chi connectivity index (χ2v) is 9.59. The zero-order valence-electron chi connectivity index (χ0n) is 20.2. The van der Waals surface area contributed by atoms with E-state index < -0.39 is 35.2 Å². The van der Waals surface area contributed by atoms with E-state index in [0.29, 0.717) is 71.2 Å². The number of urea groups is 1. The number of Topliss-reactive ketones (excluding diaryl/α,β-unsaturated/α-hetero) is 2. The maximum absolute atomic E-state index is 13.5. The molecule has 190 valence electrons.